The SMILES string of the molecule is CS(=O)(=O)NC(=O)c1cccc(-c2cnn(-c3cncc(F)c3)c2)n1. The third kappa shape index (κ3) is 4.04. The molecule has 3 heterocycles. The average Bonchev–Trinajstić information content (AvgIpc) is 3.03. The van der Waals surface area contributed by atoms with Gasteiger partial charge in [0, 0.05) is 17.8 Å². The standard InChI is InChI=1S/C15H12FN5O3S/c1-25(23,24)20-15(22)14-4-2-3-13(19-14)10-6-18-21(9-10)12-5-11(16)7-17-8-12/h2-9H,1H3,(H,20,22). The molecule has 0 saturated heterocycles. The summed E-state index contributed by atoms with van der Waals surface area (Å²) in [5.41, 5.74) is 1.36. The van der Waals surface area contributed by atoms with Crippen LogP contribution in [0.3, 0.4) is 0 Å². The number of amides is 1. The molecule has 0 radical (unpaired) electrons. The lowest BCUT2D eigenvalue weighted by molar-refractivity contribution is 0.0977. The van der Waals surface area contributed by atoms with E-state index in [-0.39, 0.29) is 5.69 Å². The Balaban J connectivity index is 1.91. The van der Waals surface area contributed by atoms with Crippen LogP contribution in [0.4, 0.5) is 4.39 Å². The van der Waals surface area contributed by atoms with Crippen molar-refractivity contribution in [2.45, 2.75) is 0 Å². The first-order valence-corrected chi connectivity index (χ1v) is 8.86. The summed E-state index contributed by atoms with van der Waals surface area (Å²) in [4.78, 5) is 19.8. The fourth-order valence-electron chi connectivity index (χ4n) is 2.06. The Kier molecular flexibility index (Phi) is 4.28. The van der Waals surface area contributed by atoms with Gasteiger partial charge in [0.15, 0.2) is 0 Å². The highest BCUT2D eigenvalue weighted by atomic mass is 32.2. The molecule has 3 aromatic heterocycles. The summed E-state index contributed by atoms with van der Waals surface area (Å²) >= 11 is 0. The van der Waals surface area contributed by atoms with Crippen LogP contribution in [0.2, 0.25) is 0 Å². The minimum Gasteiger partial charge on any atom is -0.266 e. The Bertz CT molecular complexity index is 1050. The number of carbonyl (C=O) groups is 1. The summed E-state index contributed by atoms with van der Waals surface area (Å²) in [5.74, 6) is -1.32. The molecule has 128 valence electrons. The molecule has 0 atom stereocenters. The number of nitrogens with one attached hydrogen (secondary N) is 1. The van der Waals surface area contributed by atoms with Crippen molar-refractivity contribution < 1.29 is 17.6 Å². The van der Waals surface area contributed by atoms with Crippen LogP contribution in [0.5, 0.6) is 0 Å². The average molecular weight is 361 g/mol. The van der Waals surface area contributed by atoms with Crippen molar-refractivity contribution in [3.05, 3.63) is 60.6 Å². The van der Waals surface area contributed by atoms with E-state index in [1.807, 2.05) is 4.72 Å². The van der Waals surface area contributed by atoms with E-state index in [0.717, 1.165) is 12.5 Å². The molecular weight excluding hydrogens is 349 g/mol. The monoisotopic (exact) mass is 361 g/mol. The zero-order chi connectivity index (χ0) is 18.0. The second kappa shape index (κ2) is 6.40. The van der Waals surface area contributed by atoms with Crippen molar-refractivity contribution in [2.75, 3.05) is 6.26 Å². The van der Waals surface area contributed by atoms with Gasteiger partial charge in [-0.2, -0.15) is 5.10 Å². The van der Waals surface area contributed by atoms with Crippen LogP contribution in [0, 0.1) is 5.82 Å². The molecule has 0 aliphatic heterocycles. The van der Waals surface area contributed by atoms with Gasteiger partial charge < -0.3 is 0 Å². The van der Waals surface area contributed by atoms with Crippen LogP contribution < -0.4 is 4.72 Å². The van der Waals surface area contributed by atoms with Crippen molar-refractivity contribution in [1.29, 1.82) is 0 Å². The number of hydrogen-bond acceptors (Lipinski definition) is 6. The van der Waals surface area contributed by atoms with Gasteiger partial charge in [0.05, 0.1) is 36.2 Å². The number of rotatable bonds is 4. The molecule has 10 heteroatoms. The largest absolute Gasteiger partial charge is 0.283 e. The maximum absolute atomic E-state index is 13.3. The predicted molar refractivity (Wildman–Crippen MR) is 86.9 cm³/mol. The second-order valence-electron chi connectivity index (χ2n) is 5.15. The maximum atomic E-state index is 13.3. The number of halogens is 1. The van der Waals surface area contributed by atoms with E-state index in [9.17, 15) is 17.6 Å². The molecule has 0 spiro atoms. The Morgan fingerprint density at radius 2 is 2.04 bits per heavy atom. The quantitative estimate of drug-likeness (QED) is 0.747. The molecule has 1 amide bonds. The Morgan fingerprint density at radius 1 is 1.24 bits per heavy atom. The van der Waals surface area contributed by atoms with Crippen molar-refractivity contribution >= 4 is 15.9 Å². The van der Waals surface area contributed by atoms with Gasteiger partial charge in [0.2, 0.25) is 10.0 Å². The van der Waals surface area contributed by atoms with Crippen LogP contribution in [-0.2, 0) is 10.0 Å². The van der Waals surface area contributed by atoms with E-state index in [0.29, 0.717) is 16.9 Å². The molecule has 3 aromatic rings. The molecule has 0 saturated carbocycles. The minimum atomic E-state index is -3.68. The van der Waals surface area contributed by atoms with E-state index in [2.05, 4.69) is 15.1 Å². The molecule has 0 aromatic carbocycles. The molecule has 3 rings (SSSR count). The number of aromatic nitrogens is 4. The van der Waals surface area contributed by atoms with E-state index < -0.39 is 21.7 Å². The molecule has 8 nitrogen and oxygen atoms in total. The molecule has 0 aliphatic rings. The third-order valence-corrected chi connectivity index (χ3v) is 3.65. The van der Waals surface area contributed by atoms with Gasteiger partial charge in [-0.3, -0.25) is 9.78 Å². The lowest BCUT2D eigenvalue weighted by Gasteiger charge is -2.03. The third-order valence-electron chi connectivity index (χ3n) is 3.09. The van der Waals surface area contributed by atoms with Crippen molar-refractivity contribution in [2.24, 2.45) is 0 Å². The molecule has 0 fully saturated rings. The minimum absolute atomic E-state index is 0.0527. The first kappa shape index (κ1) is 16.7. The lowest BCUT2D eigenvalue weighted by atomic mass is 10.2. The molecule has 0 unspecified atom stereocenters. The zero-order valence-electron chi connectivity index (χ0n) is 12.9. The zero-order valence-corrected chi connectivity index (χ0v) is 13.7. The summed E-state index contributed by atoms with van der Waals surface area (Å²) < 4.78 is 38.8. The first-order valence-electron chi connectivity index (χ1n) is 6.97. The van der Waals surface area contributed by atoms with Gasteiger partial charge in [-0.15, -0.1) is 0 Å². The van der Waals surface area contributed by atoms with Crippen LogP contribution in [0.15, 0.2) is 49.1 Å². The molecule has 0 aliphatic carbocycles. The summed E-state index contributed by atoms with van der Waals surface area (Å²) in [5, 5.41) is 4.11. The van der Waals surface area contributed by atoms with E-state index in [1.165, 1.54) is 29.2 Å². The number of nitrogens with zero attached hydrogens (tertiary/aromatic N) is 4. The fourth-order valence-corrected chi connectivity index (χ4v) is 2.51. The molecule has 25 heavy (non-hydrogen) atoms. The number of hydrogen-bond donors (Lipinski definition) is 1. The highest BCUT2D eigenvalue weighted by Crippen LogP contribution is 2.18. The van der Waals surface area contributed by atoms with Gasteiger partial charge in [-0.1, -0.05) is 6.07 Å². The van der Waals surface area contributed by atoms with E-state index in [4.69, 9.17) is 0 Å². The van der Waals surface area contributed by atoms with Crippen molar-refractivity contribution in [3.8, 4) is 16.9 Å². The number of sulfonamides is 1. The van der Waals surface area contributed by atoms with Gasteiger partial charge in [0.1, 0.15) is 11.5 Å². The van der Waals surface area contributed by atoms with Crippen LogP contribution in [0.25, 0.3) is 16.9 Å². The van der Waals surface area contributed by atoms with Gasteiger partial charge in [-0.25, -0.2) is 27.2 Å². The number of carbonyl (C=O) groups excluding carboxylic acids is 1. The smallest absolute Gasteiger partial charge is 0.266 e. The van der Waals surface area contributed by atoms with E-state index in [1.54, 1.807) is 18.3 Å². The van der Waals surface area contributed by atoms with Crippen LogP contribution in [0.1, 0.15) is 10.5 Å². The summed E-state index contributed by atoms with van der Waals surface area (Å²) in [6.07, 6.45) is 6.50. The number of pyridine rings is 2. The molecular formula is C15H12FN5O3S. The fraction of sp³-hybridized carbons (Fsp3) is 0.0667. The lowest BCUT2D eigenvalue weighted by Crippen LogP contribution is -2.30. The Hall–Kier alpha value is -3.14. The van der Waals surface area contributed by atoms with Crippen LogP contribution in [-0.4, -0.2) is 40.3 Å². The Morgan fingerprint density at radius 3 is 2.76 bits per heavy atom. The van der Waals surface area contributed by atoms with Crippen molar-refractivity contribution in [1.82, 2.24) is 24.5 Å². The second-order valence-corrected chi connectivity index (χ2v) is 6.89. The van der Waals surface area contributed by atoms with Crippen molar-refractivity contribution in [3.63, 3.8) is 0 Å². The predicted octanol–water partition coefficient (Wildman–Crippen LogP) is 1.16. The maximum Gasteiger partial charge on any atom is 0.283 e. The van der Waals surface area contributed by atoms with Crippen LogP contribution >= 0.6 is 0 Å². The topological polar surface area (TPSA) is 107 Å². The normalized spacial score (nSPS) is 11.3. The summed E-state index contributed by atoms with van der Waals surface area (Å²) in [6, 6.07) is 5.88. The highest BCUT2D eigenvalue weighted by Gasteiger charge is 2.14. The summed E-state index contributed by atoms with van der Waals surface area (Å²) in [6.45, 7) is 0. The van der Waals surface area contributed by atoms with Gasteiger partial charge >= 0.3 is 0 Å². The highest BCUT2D eigenvalue weighted by molar-refractivity contribution is 7.89. The summed E-state index contributed by atoms with van der Waals surface area (Å²) in [7, 11) is -3.68. The van der Waals surface area contributed by atoms with E-state index >= 15 is 0 Å². The first-order chi connectivity index (χ1) is 11.8. The molecule has 1 N–H and O–H groups in total. The Labute approximate surface area is 142 Å². The van der Waals surface area contributed by atoms with Gasteiger partial charge in [0.25, 0.3) is 5.91 Å². The molecule has 0 bridgehead atoms. The van der Waals surface area contributed by atoms with Gasteiger partial charge in [-0.05, 0) is 12.1 Å².